The number of amides is 1. The largest absolute Gasteiger partial charge is 0.360 e. The maximum atomic E-state index is 12.1. The van der Waals surface area contributed by atoms with Crippen molar-refractivity contribution >= 4 is 33.2 Å². The number of rotatable bonds is 4. The second-order valence-corrected chi connectivity index (χ2v) is 6.01. The smallest absolute Gasteiger partial charge is 0.267 e. The molecule has 0 bridgehead atoms. The molecule has 0 aliphatic carbocycles. The van der Waals surface area contributed by atoms with Crippen molar-refractivity contribution in [3.05, 3.63) is 69.8 Å². The molecule has 1 amide bonds. The van der Waals surface area contributed by atoms with Crippen LogP contribution in [-0.4, -0.2) is 5.91 Å². The second-order valence-electron chi connectivity index (χ2n) is 5.09. The van der Waals surface area contributed by atoms with E-state index in [9.17, 15) is 10.1 Å². The van der Waals surface area contributed by atoms with E-state index in [0.29, 0.717) is 5.69 Å². The maximum Gasteiger partial charge on any atom is 0.267 e. The molecule has 0 aromatic heterocycles. The van der Waals surface area contributed by atoms with Crippen LogP contribution in [0.3, 0.4) is 0 Å². The number of hydrogen-bond acceptors (Lipinski definition) is 3. The Morgan fingerprint density at radius 1 is 1.17 bits per heavy atom. The first-order valence-electron chi connectivity index (χ1n) is 7.00. The molecule has 0 atom stereocenters. The number of anilines is 2. The first kappa shape index (κ1) is 16.8. The van der Waals surface area contributed by atoms with E-state index in [1.165, 1.54) is 6.20 Å². The van der Waals surface area contributed by atoms with Crippen LogP contribution in [0.5, 0.6) is 0 Å². The Balaban J connectivity index is 2.10. The van der Waals surface area contributed by atoms with Crippen LogP contribution in [0.1, 0.15) is 11.1 Å². The molecule has 0 saturated carbocycles. The van der Waals surface area contributed by atoms with Crippen molar-refractivity contribution in [2.24, 2.45) is 0 Å². The lowest BCUT2D eigenvalue weighted by molar-refractivity contribution is -0.112. The van der Waals surface area contributed by atoms with Crippen LogP contribution in [-0.2, 0) is 4.79 Å². The zero-order chi connectivity index (χ0) is 16.8. The summed E-state index contributed by atoms with van der Waals surface area (Å²) in [6, 6.07) is 15.0. The van der Waals surface area contributed by atoms with E-state index < -0.39 is 5.91 Å². The third-order valence-corrected chi connectivity index (χ3v) is 3.73. The lowest BCUT2D eigenvalue weighted by Gasteiger charge is -2.07. The van der Waals surface area contributed by atoms with Gasteiger partial charge in [-0.15, -0.1) is 0 Å². The minimum atomic E-state index is -0.446. The summed E-state index contributed by atoms with van der Waals surface area (Å²) >= 11 is 3.40. The van der Waals surface area contributed by atoms with Gasteiger partial charge in [0.25, 0.3) is 5.91 Å². The zero-order valence-corrected chi connectivity index (χ0v) is 14.4. The van der Waals surface area contributed by atoms with Gasteiger partial charge in [-0.25, -0.2) is 0 Å². The highest BCUT2D eigenvalue weighted by Gasteiger charge is 2.09. The van der Waals surface area contributed by atoms with E-state index in [0.717, 1.165) is 21.3 Å². The summed E-state index contributed by atoms with van der Waals surface area (Å²) in [5.41, 5.74) is 3.61. The highest BCUT2D eigenvalue weighted by atomic mass is 79.9. The van der Waals surface area contributed by atoms with Crippen molar-refractivity contribution in [2.45, 2.75) is 13.8 Å². The van der Waals surface area contributed by atoms with E-state index in [2.05, 4.69) is 26.6 Å². The van der Waals surface area contributed by atoms with Crippen molar-refractivity contribution in [2.75, 3.05) is 10.6 Å². The molecule has 0 unspecified atom stereocenters. The van der Waals surface area contributed by atoms with Crippen LogP contribution in [0, 0.1) is 25.2 Å². The van der Waals surface area contributed by atoms with Crippen molar-refractivity contribution in [1.82, 2.24) is 0 Å². The van der Waals surface area contributed by atoms with E-state index >= 15 is 0 Å². The zero-order valence-electron chi connectivity index (χ0n) is 12.9. The summed E-state index contributed by atoms with van der Waals surface area (Å²) in [5.74, 6) is -0.446. The summed E-state index contributed by atoms with van der Waals surface area (Å²) < 4.78 is 0.974. The molecule has 0 aliphatic rings. The number of nitriles is 1. The van der Waals surface area contributed by atoms with Crippen LogP contribution < -0.4 is 10.6 Å². The standard InChI is InChI=1S/C18H16BrN3O/c1-12-3-6-16(7-4-12)22-18(23)14(10-20)11-21-17-8-5-15(19)9-13(17)2/h3-9,11,21H,1-2H3,(H,22,23)/b14-11-. The molecule has 2 aromatic carbocycles. The molecule has 2 N–H and O–H groups in total. The van der Waals surface area contributed by atoms with E-state index in [1.807, 2.05) is 50.2 Å². The molecule has 0 spiro atoms. The number of carbonyl (C=O) groups is 1. The first-order valence-corrected chi connectivity index (χ1v) is 7.80. The summed E-state index contributed by atoms with van der Waals surface area (Å²) in [4.78, 5) is 12.1. The molecule has 0 heterocycles. The average Bonchev–Trinajstić information content (AvgIpc) is 2.52. The number of halogens is 1. The average molecular weight is 370 g/mol. The third-order valence-electron chi connectivity index (χ3n) is 3.23. The number of nitrogens with zero attached hydrogens (tertiary/aromatic N) is 1. The van der Waals surface area contributed by atoms with Crippen molar-refractivity contribution in [3.8, 4) is 6.07 Å². The first-order chi connectivity index (χ1) is 11.0. The molecule has 2 aromatic rings. The monoisotopic (exact) mass is 369 g/mol. The Hall–Kier alpha value is -2.58. The van der Waals surface area contributed by atoms with Crippen molar-refractivity contribution in [3.63, 3.8) is 0 Å². The molecular formula is C18H16BrN3O. The van der Waals surface area contributed by atoms with Crippen molar-refractivity contribution < 1.29 is 4.79 Å². The molecule has 4 nitrogen and oxygen atoms in total. The summed E-state index contributed by atoms with van der Waals surface area (Å²) in [6.45, 7) is 3.91. The van der Waals surface area contributed by atoms with Crippen LogP contribution in [0.25, 0.3) is 0 Å². The molecular weight excluding hydrogens is 354 g/mol. The van der Waals surface area contributed by atoms with E-state index in [1.54, 1.807) is 12.1 Å². The third kappa shape index (κ3) is 4.70. The fourth-order valence-electron chi connectivity index (χ4n) is 1.92. The van der Waals surface area contributed by atoms with Gasteiger partial charge in [-0.1, -0.05) is 33.6 Å². The van der Waals surface area contributed by atoms with E-state index in [4.69, 9.17) is 0 Å². The molecule has 0 aliphatic heterocycles. The molecule has 23 heavy (non-hydrogen) atoms. The second kappa shape index (κ2) is 7.61. The van der Waals surface area contributed by atoms with Gasteiger partial charge in [0.05, 0.1) is 0 Å². The maximum absolute atomic E-state index is 12.1. The Labute approximate surface area is 144 Å². The number of aryl methyl sites for hydroxylation is 2. The number of benzene rings is 2. The topological polar surface area (TPSA) is 64.9 Å². The Bertz CT molecular complexity index is 789. The van der Waals surface area contributed by atoms with Crippen LogP contribution in [0.15, 0.2) is 58.7 Å². The molecule has 0 radical (unpaired) electrons. The van der Waals surface area contributed by atoms with Crippen molar-refractivity contribution in [1.29, 1.82) is 5.26 Å². The summed E-state index contributed by atoms with van der Waals surface area (Å²) in [5, 5.41) is 14.9. The van der Waals surface area contributed by atoms with Gasteiger partial charge in [0.2, 0.25) is 0 Å². The molecule has 2 rings (SSSR count). The minimum Gasteiger partial charge on any atom is -0.360 e. The predicted molar refractivity (Wildman–Crippen MR) is 96.0 cm³/mol. The van der Waals surface area contributed by atoms with Crippen LogP contribution in [0.2, 0.25) is 0 Å². The Kier molecular flexibility index (Phi) is 5.56. The number of nitrogens with one attached hydrogen (secondary N) is 2. The van der Waals surface area contributed by atoms with Gasteiger partial charge in [-0.2, -0.15) is 5.26 Å². The number of hydrogen-bond donors (Lipinski definition) is 2. The number of carbonyl (C=O) groups excluding carboxylic acids is 1. The highest BCUT2D eigenvalue weighted by Crippen LogP contribution is 2.20. The van der Waals surface area contributed by atoms with Gasteiger partial charge in [-0.3, -0.25) is 4.79 Å². The lowest BCUT2D eigenvalue weighted by atomic mass is 10.2. The highest BCUT2D eigenvalue weighted by molar-refractivity contribution is 9.10. The SMILES string of the molecule is Cc1ccc(NC(=O)/C(C#N)=C\Nc2ccc(Br)cc2C)cc1. The van der Waals surface area contributed by atoms with E-state index in [-0.39, 0.29) is 5.57 Å². The van der Waals surface area contributed by atoms with Gasteiger partial charge < -0.3 is 10.6 Å². The van der Waals surface area contributed by atoms with Gasteiger partial charge in [-0.05, 0) is 49.7 Å². The molecule has 0 fully saturated rings. The fraction of sp³-hybridized carbons (Fsp3) is 0.111. The predicted octanol–water partition coefficient (Wildman–Crippen LogP) is 4.52. The van der Waals surface area contributed by atoms with Crippen LogP contribution >= 0.6 is 15.9 Å². The molecule has 5 heteroatoms. The summed E-state index contributed by atoms with van der Waals surface area (Å²) in [7, 11) is 0. The molecule has 0 saturated heterocycles. The van der Waals surface area contributed by atoms with Gasteiger partial charge in [0.15, 0.2) is 0 Å². The quantitative estimate of drug-likeness (QED) is 0.614. The summed E-state index contributed by atoms with van der Waals surface area (Å²) in [6.07, 6.45) is 1.42. The van der Waals surface area contributed by atoms with Gasteiger partial charge in [0, 0.05) is 22.0 Å². The normalized spacial score (nSPS) is 10.8. The van der Waals surface area contributed by atoms with Gasteiger partial charge in [0.1, 0.15) is 11.6 Å². The Morgan fingerprint density at radius 2 is 1.87 bits per heavy atom. The Morgan fingerprint density at radius 3 is 2.48 bits per heavy atom. The molecule has 116 valence electrons. The van der Waals surface area contributed by atoms with Crippen LogP contribution in [0.4, 0.5) is 11.4 Å². The fourth-order valence-corrected chi connectivity index (χ4v) is 2.40. The van der Waals surface area contributed by atoms with Gasteiger partial charge >= 0.3 is 0 Å². The minimum absolute atomic E-state index is 0.00731. The lowest BCUT2D eigenvalue weighted by Crippen LogP contribution is -2.14.